The zero-order valence-electron chi connectivity index (χ0n) is 16.7. The Morgan fingerprint density at radius 2 is 1.12 bits per heavy atom. The van der Waals surface area contributed by atoms with Crippen molar-refractivity contribution in [2.45, 2.75) is 37.0 Å². The molecule has 0 atom stereocenters. The van der Waals surface area contributed by atoms with Crippen molar-refractivity contribution in [3.8, 4) is 28.3 Å². The Balaban J connectivity index is 1.84. The monoisotopic (exact) mass is 445 g/mol. The highest BCUT2D eigenvalue weighted by Crippen LogP contribution is 2.46. The van der Waals surface area contributed by atoms with Gasteiger partial charge in [0.15, 0.2) is 0 Å². The van der Waals surface area contributed by atoms with E-state index in [-0.39, 0.29) is 0 Å². The van der Waals surface area contributed by atoms with Crippen LogP contribution < -0.4 is 0 Å². The van der Waals surface area contributed by atoms with E-state index in [1.807, 2.05) is 0 Å². The lowest BCUT2D eigenvalue weighted by atomic mass is 9.65. The smallest absolute Gasteiger partial charge is 0.197 e. The third-order valence-electron chi connectivity index (χ3n) is 6.04. The van der Waals surface area contributed by atoms with Crippen LogP contribution in [0.2, 0.25) is 0 Å². The van der Waals surface area contributed by atoms with Gasteiger partial charge in [0.05, 0.1) is 22.6 Å². The van der Waals surface area contributed by atoms with E-state index in [4.69, 9.17) is 0 Å². The molecule has 1 saturated carbocycles. The molecule has 0 bridgehead atoms. The normalized spacial score (nSPS) is 15.7. The lowest BCUT2D eigenvalue weighted by molar-refractivity contribution is -0.138. The maximum absolute atomic E-state index is 13.0. The fourth-order valence-electron chi connectivity index (χ4n) is 4.01. The average molecular weight is 445 g/mol. The summed E-state index contributed by atoms with van der Waals surface area (Å²) in [6.07, 6.45) is -6.66. The molecule has 1 fully saturated rings. The van der Waals surface area contributed by atoms with E-state index in [1.54, 1.807) is 18.2 Å². The van der Waals surface area contributed by atoms with Crippen LogP contribution in [0.15, 0.2) is 66.7 Å². The second-order valence-electron chi connectivity index (χ2n) is 7.96. The first-order valence-corrected chi connectivity index (χ1v) is 9.95. The standard InChI is InChI=1S/C25H17F6N/c26-24(27,28)18-6-2-16(3-7-18)21-11-10-20(23(15-32)12-1-13-23)14-22(21)17-4-8-19(9-5-17)25(29,30)31/h2-11,14H,1,12-13H2. The molecule has 0 heterocycles. The van der Waals surface area contributed by atoms with Gasteiger partial charge in [-0.1, -0.05) is 36.4 Å². The number of nitriles is 1. The number of alkyl halides is 6. The second kappa shape index (κ2) is 7.70. The van der Waals surface area contributed by atoms with Crippen molar-refractivity contribution in [3.63, 3.8) is 0 Å². The highest BCUT2D eigenvalue weighted by atomic mass is 19.4. The molecule has 1 aliphatic carbocycles. The van der Waals surface area contributed by atoms with Gasteiger partial charge in [-0.05, 0) is 77.4 Å². The molecule has 32 heavy (non-hydrogen) atoms. The van der Waals surface area contributed by atoms with E-state index < -0.39 is 28.9 Å². The van der Waals surface area contributed by atoms with Crippen LogP contribution in [0.1, 0.15) is 36.0 Å². The van der Waals surface area contributed by atoms with Crippen molar-refractivity contribution in [3.05, 3.63) is 83.4 Å². The number of hydrogen-bond donors (Lipinski definition) is 0. The Kier molecular flexibility index (Phi) is 5.28. The molecule has 4 rings (SSSR count). The summed E-state index contributed by atoms with van der Waals surface area (Å²) in [6.45, 7) is 0. The molecule has 0 saturated heterocycles. The molecule has 164 valence electrons. The topological polar surface area (TPSA) is 23.8 Å². The highest BCUT2D eigenvalue weighted by molar-refractivity contribution is 5.84. The Bertz CT molecular complexity index is 1160. The van der Waals surface area contributed by atoms with Gasteiger partial charge in [-0.25, -0.2) is 0 Å². The third-order valence-corrected chi connectivity index (χ3v) is 6.04. The van der Waals surface area contributed by atoms with Crippen LogP contribution >= 0.6 is 0 Å². The van der Waals surface area contributed by atoms with Gasteiger partial charge < -0.3 is 0 Å². The van der Waals surface area contributed by atoms with Crippen LogP contribution in [-0.4, -0.2) is 0 Å². The van der Waals surface area contributed by atoms with Crippen molar-refractivity contribution >= 4 is 0 Å². The summed E-state index contributed by atoms with van der Waals surface area (Å²) in [7, 11) is 0. The quantitative estimate of drug-likeness (QED) is 0.375. The van der Waals surface area contributed by atoms with Crippen molar-refractivity contribution in [1.82, 2.24) is 0 Å². The summed E-state index contributed by atoms with van der Waals surface area (Å²) in [5.41, 5.74) is 0.678. The molecule has 1 nitrogen and oxygen atoms in total. The Labute approximate surface area is 180 Å². The molecule has 0 radical (unpaired) electrons. The van der Waals surface area contributed by atoms with Gasteiger partial charge in [0, 0.05) is 0 Å². The minimum atomic E-state index is -4.48. The lowest BCUT2D eigenvalue weighted by Gasteiger charge is -2.36. The molecule has 0 amide bonds. The predicted octanol–water partition coefficient (Wildman–Crippen LogP) is 8.00. The summed E-state index contributed by atoms with van der Waals surface area (Å²) >= 11 is 0. The van der Waals surface area contributed by atoms with Crippen molar-refractivity contribution < 1.29 is 26.3 Å². The minimum absolute atomic E-state index is 0.488. The van der Waals surface area contributed by atoms with Gasteiger partial charge in [-0.15, -0.1) is 0 Å². The Morgan fingerprint density at radius 3 is 1.50 bits per heavy atom. The van der Waals surface area contributed by atoms with Gasteiger partial charge in [-0.2, -0.15) is 31.6 Å². The maximum atomic E-state index is 13.0. The van der Waals surface area contributed by atoms with Crippen LogP contribution in [0.25, 0.3) is 22.3 Å². The fourth-order valence-corrected chi connectivity index (χ4v) is 4.01. The lowest BCUT2D eigenvalue weighted by Crippen LogP contribution is -2.32. The zero-order chi connectivity index (χ0) is 23.1. The Hall–Kier alpha value is -3.27. The number of rotatable bonds is 3. The van der Waals surface area contributed by atoms with Gasteiger partial charge >= 0.3 is 12.4 Å². The van der Waals surface area contributed by atoms with E-state index in [1.165, 1.54) is 24.3 Å². The maximum Gasteiger partial charge on any atom is 0.416 e. The average Bonchev–Trinajstić information content (AvgIpc) is 2.72. The first-order valence-electron chi connectivity index (χ1n) is 9.95. The predicted molar refractivity (Wildman–Crippen MR) is 108 cm³/mol. The third kappa shape index (κ3) is 3.97. The molecule has 0 aromatic heterocycles. The molecule has 0 N–H and O–H groups in total. The molecule has 0 aliphatic heterocycles. The SMILES string of the molecule is N#CC1(c2ccc(-c3ccc(C(F)(F)F)cc3)c(-c3ccc(C(F)(F)F)cc3)c2)CCC1. The van der Waals surface area contributed by atoms with Gasteiger partial charge in [0.1, 0.15) is 0 Å². The first-order chi connectivity index (χ1) is 15.0. The number of nitrogens with zero attached hydrogens (tertiary/aromatic N) is 1. The second-order valence-corrected chi connectivity index (χ2v) is 7.96. The molecule has 3 aromatic carbocycles. The van der Waals surface area contributed by atoms with Gasteiger partial charge in [0.25, 0.3) is 0 Å². The summed E-state index contributed by atoms with van der Waals surface area (Å²) in [5, 5.41) is 9.69. The van der Waals surface area contributed by atoms with Crippen LogP contribution in [0.4, 0.5) is 26.3 Å². The summed E-state index contributed by atoms with van der Waals surface area (Å²) in [6, 6.07) is 16.9. The van der Waals surface area contributed by atoms with Gasteiger partial charge in [0.2, 0.25) is 0 Å². The van der Waals surface area contributed by atoms with Gasteiger partial charge in [-0.3, -0.25) is 0 Å². The van der Waals surface area contributed by atoms with E-state index in [9.17, 15) is 31.6 Å². The molecular formula is C25H17F6N. The number of hydrogen-bond acceptors (Lipinski definition) is 1. The van der Waals surface area contributed by atoms with Crippen LogP contribution in [0.3, 0.4) is 0 Å². The molecule has 3 aromatic rings. The van der Waals surface area contributed by atoms with Crippen molar-refractivity contribution in [2.24, 2.45) is 0 Å². The zero-order valence-corrected chi connectivity index (χ0v) is 16.7. The Morgan fingerprint density at radius 1 is 0.656 bits per heavy atom. The number of halogens is 6. The molecule has 7 heteroatoms. The molecule has 1 aliphatic rings. The summed E-state index contributed by atoms with van der Waals surface area (Å²) < 4.78 is 77.8. The van der Waals surface area contributed by atoms with Crippen molar-refractivity contribution in [2.75, 3.05) is 0 Å². The van der Waals surface area contributed by atoms with Crippen LogP contribution in [-0.2, 0) is 17.8 Å². The fraction of sp³-hybridized carbons (Fsp3) is 0.240. The van der Waals surface area contributed by atoms with Crippen LogP contribution in [0.5, 0.6) is 0 Å². The summed E-state index contributed by atoms with van der Waals surface area (Å²) in [5.74, 6) is 0. The molecule has 0 spiro atoms. The molecular weight excluding hydrogens is 428 g/mol. The number of benzene rings is 3. The van der Waals surface area contributed by atoms with E-state index >= 15 is 0 Å². The molecule has 0 unspecified atom stereocenters. The largest absolute Gasteiger partial charge is 0.416 e. The van der Waals surface area contributed by atoms with E-state index in [0.717, 1.165) is 36.2 Å². The minimum Gasteiger partial charge on any atom is -0.197 e. The first kappa shape index (κ1) is 21.9. The highest BCUT2D eigenvalue weighted by Gasteiger charge is 2.39. The van der Waals surface area contributed by atoms with Crippen molar-refractivity contribution in [1.29, 1.82) is 5.26 Å². The summed E-state index contributed by atoms with van der Waals surface area (Å²) in [4.78, 5) is 0. The van der Waals surface area contributed by atoms with E-state index in [2.05, 4.69) is 6.07 Å². The van der Waals surface area contributed by atoms with Crippen LogP contribution in [0, 0.1) is 11.3 Å². The van der Waals surface area contributed by atoms with E-state index in [0.29, 0.717) is 35.1 Å².